The Hall–Kier alpha value is -1.60. The Labute approximate surface area is 144 Å². The van der Waals surface area contributed by atoms with Crippen molar-refractivity contribution < 1.29 is 22.1 Å². The van der Waals surface area contributed by atoms with Crippen LogP contribution in [0.25, 0.3) is 0 Å². The largest absolute Gasteiger partial charge is 0.450 e. The fraction of sp³-hybridized carbons (Fsp3) is 0.588. The summed E-state index contributed by atoms with van der Waals surface area (Å²) in [7, 11) is -3.95. The molecule has 1 rings (SSSR count). The van der Waals surface area contributed by atoms with Crippen LogP contribution in [0.15, 0.2) is 29.2 Å². The van der Waals surface area contributed by atoms with Crippen LogP contribution in [0.5, 0.6) is 0 Å². The molecule has 1 amide bonds. The molecule has 0 fully saturated rings. The van der Waals surface area contributed by atoms with Crippen molar-refractivity contribution in [1.29, 1.82) is 0 Å². The lowest BCUT2D eigenvalue weighted by atomic mass is 10.2. The number of nitrogens with one attached hydrogen (secondary N) is 1. The van der Waals surface area contributed by atoms with Gasteiger partial charge < -0.3 is 4.74 Å². The maximum absolute atomic E-state index is 12.3. The summed E-state index contributed by atoms with van der Waals surface area (Å²) < 4.78 is 34.9. The molecule has 0 aliphatic carbocycles. The molecule has 136 valence electrons. The highest BCUT2D eigenvalue weighted by Gasteiger charge is 2.23. The molecule has 1 atom stereocenters. The minimum Gasteiger partial charge on any atom is -0.450 e. The quantitative estimate of drug-likeness (QED) is 0.392. The van der Waals surface area contributed by atoms with Gasteiger partial charge in [-0.1, -0.05) is 44.4 Å². The van der Waals surface area contributed by atoms with Gasteiger partial charge in [0.15, 0.2) is 6.23 Å². The van der Waals surface area contributed by atoms with Crippen molar-refractivity contribution in [3.05, 3.63) is 29.8 Å². The maximum atomic E-state index is 12.3. The molecular formula is C17H27NO5S. The molecule has 1 unspecified atom stereocenters. The molecule has 0 bridgehead atoms. The fourth-order valence-electron chi connectivity index (χ4n) is 1.93. The first-order valence-electron chi connectivity index (χ1n) is 8.32. The minimum absolute atomic E-state index is 0.0655. The summed E-state index contributed by atoms with van der Waals surface area (Å²) in [4.78, 5) is 11.8. The van der Waals surface area contributed by atoms with E-state index in [-0.39, 0.29) is 4.90 Å². The lowest BCUT2D eigenvalue weighted by molar-refractivity contribution is 0.107. The molecule has 1 aromatic rings. The Balaban J connectivity index is 2.73. The summed E-state index contributed by atoms with van der Waals surface area (Å²) in [5.41, 5.74) is 0.953. The van der Waals surface area contributed by atoms with E-state index in [1.165, 1.54) is 12.1 Å². The Bertz CT molecular complexity index is 598. The number of amides is 1. The number of hydrogen-bond acceptors (Lipinski definition) is 5. The summed E-state index contributed by atoms with van der Waals surface area (Å²) in [5, 5.41) is 2.49. The summed E-state index contributed by atoms with van der Waals surface area (Å²) in [6, 6.07) is 6.37. The van der Waals surface area contributed by atoms with Crippen molar-refractivity contribution in [2.45, 2.75) is 64.0 Å². The summed E-state index contributed by atoms with van der Waals surface area (Å²) in [5.74, 6) is 0. The number of carbonyl (C=O) groups is 1. The van der Waals surface area contributed by atoms with Gasteiger partial charge in [-0.05, 0) is 38.3 Å². The zero-order valence-electron chi connectivity index (χ0n) is 14.6. The Morgan fingerprint density at radius 3 is 2.33 bits per heavy atom. The lowest BCUT2D eigenvalue weighted by Crippen LogP contribution is -2.38. The molecule has 1 N–H and O–H groups in total. The van der Waals surface area contributed by atoms with E-state index >= 15 is 0 Å². The molecule has 1 aromatic carbocycles. The van der Waals surface area contributed by atoms with Gasteiger partial charge in [-0.3, -0.25) is 5.32 Å². The Kier molecular flexibility index (Phi) is 8.78. The predicted molar refractivity (Wildman–Crippen MR) is 92.2 cm³/mol. The average Bonchev–Trinajstić information content (AvgIpc) is 2.53. The predicted octanol–water partition coefficient (Wildman–Crippen LogP) is 3.74. The van der Waals surface area contributed by atoms with Crippen molar-refractivity contribution in [3.8, 4) is 0 Å². The summed E-state index contributed by atoms with van der Waals surface area (Å²) in [6.45, 7) is 6.14. The average molecular weight is 357 g/mol. The van der Waals surface area contributed by atoms with Gasteiger partial charge in [-0.2, -0.15) is 8.42 Å². The van der Waals surface area contributed by atoms with E-state index < -0.39 is 22.4 Å². The lowest BCUT2D eigenvalue weighted by Gasteiger charge is -2.18. The molecule has 0 saturated heterocycles. The number of ether oxygens (including phenoxy) is 1. The third kappa shape index (κ3) is 7.31. The normalized spacial score (nSPS) is 12.6. The van der Waals surface area contributed by atoms with Gasteiger partial charge in [0, 0.05) is 0 Å². The number of unbranched alkanes of at least 4 members (excludes halogenated alkanes) is 2. The summed E-state index contributed by atoms with van der Waals surface area (Å²) >= 11 is 0. The molecule has 0 saturated carbocycles. The number of rotatable bonds is 10. The van der Waals surface area contributed by atoms with Crippen LogP contribution in [0.3, 0.4) is 0 Å². The van der Waals surface area contributed by atoms with Gasteiger partial charge in [0.25, 0.3) is 10.1 Å². The van der Waals surface area contributed by atoms with Crippen molar-refractivity contribution in [3.63, 3.8) is 0 Å². The number of alkyl carbamates (subject to hydrolysis) is 1. The van der Waals surface area contributed by atoms with Gasteiger partial charge in [-0.25, -0.2) is 8.98 Å². The van der Waals surface area contributed by atoms with E-state index in [1.807, 2.05) is 20.8 Å². The van der Waals surface area contributed by atoms with Crippen LogP contribution in [0.4, 0.5) is 4.79 Å². The van der Waals surface area contributed by atoms with Gasteiger partial charge in [0.05, 0.1) is 11.5 Å². The van der Waals surface area contributed by atoms with Gasteiger partial charge in [0.2, 0.25) is 0 Å². The molecule has 0 heterocycles. The molecule has 0 spiro atoms. The van der Waals surface area contributed by atoms with Crippen LogP contribution < -0.4 is 5.32 Å². The highest BCUT2D eigenvalue weighted by molar-refractivity contribution is 7.86. The highest BCUT2D eigenvalue weighted by Crippen LogP contribution is 2.16. The summed E-state index contributed by atoms with van der Waals surface area (Å²) in [6.07, 6.45) is 2.04. The first-order valence-corrected chi connectivity index (χ1v) is 9.73. The zero-order valence-corrected chi connectivity index (χ0v) is 15.4. The van der Waals surface area contributed by atoms with Gasteiger partial charge in [-0.15, -0.1) is 0 Å². The molecular weight excluding hydrogens is 330 g/mol. The monoisotopic (exact) mass is 357 g/mol. The van der Waals surface area contributed by atoms with E-state index in [0.29, 0.717) is 13.0 Å². The number of aryl methyl sites for hydroxylation is 1. The van der Waals surface area contributed by atoms with Crippen LogP contribution in [0.2, 0.25) is 0 Å². The molecule has 0 aromatic heterocycles. The SMILES string of the molecule is CCCCOC(=O)NC(CCCC)OS(=O)(=O)c1ccc(C)cc1. The van der Waals surface area contributed by atoms with Crippen molar-refractivity contribution >= 4 is 16.2 Å². The Morgan fingerprint density at radius 1 is 1.12 bits per heavy atom. The molecule has 0 radical (unpaired) electrons. The standard InChI is InChI=1S/C17H27NO5S/c1-4-6-8-16(18-17(19)22-13-7-5-2)23-24(20,21)15-11-9-14(3)10-12-15/h9-12,16H,4-8,13H2,1-3H3,(H,18,19). The highest BCUT2D eigenvalue weighted by atomic mass is 32.2. The van der Waals surface area contributed by atoms with E-state index in [9.17, 15) is 13.2 Å². The van der Waals surface area contributed by atoms with Crippen molar-refractivity contribution in [2.24, 2.45) is 0 Å². The van der Waals surface area contributed by atoms with Gasteiger partial charge >= 0.3 is 6.09 Å². The van der Waals surface area contributed by atoms with Gasteiger partial charge in [0.1, 0.15) is 0 Å². The zero-order chi connectivity index (χ0) is 18.0. The third-order valence-corrected chi connectivity index (χ3v) is 4.72. The second kappa shape index (κ2) is 10.3. The topological polar surface area (TPSA) is 81.7 Å². The molecule has 0 aliphatic heterocycles. The van der Waals surface area contributed by atoms with E-state index in [1.54, 1.807) is 12.1 Å². The first kappa shape index (κ1) is 20.4. The number of benzene rings is 1. The smallest absolute Gasteiger partial charge is 0.409 e. The van der Waals surface area contributed by atoms with Crippen LogP contribution in [-0.4, -0.2) is 27.3 Å². The number of hydrogen-bond donors (Lipinski definition) is 1. The number of carbonyl (C=O) groups excluding carboxylic acids is 1. The van der Waals surface area contributed by atoms with Crippen LogP contribution in [-0.2, 0) is 19.0 Å². The maximum Gasteiger partial charge on any atom is 0.409 e. The second-order valence-corrected chi connectivity index (χ2v) is 7.20. The fourth-order valence-corrected chi connectivity index (χ4v) is 2.96. The Morgan fingerprint density at radius 2 is 1.75 bits per heavy atom. The van der Waals surface area contributed by atoms with E-state index in [2.05, 4.69) is 5.32 Å². The minimum atomic E-state index is -3.95. The molecule has 7 heteroatoms. The van der Waals surface area contributed by atoms with Crippen molar-refractivity contribution in [1.82, 2.24) is 5.32 Å². The molecule has 6 nitrogen and oxygen atoms in total. The van der Waals surface area contributed by atoms with E-state index in [4.69, 9.17) is 8.92 Å². The molecule has 0 aliphatic rings. The molecule has 24 heavy (non-hydrogen) atoms. The van der Waals surface area contributed by atoms with Crippen LogP contribution in [0, 0.1) is 6.92 Å². The van der Waals surface area contributed by atoms with Crippen LogP contribution in [0.1, 0.15) is 51.5 Å². The first-order chi connectivity index (χ1) is 11.4. The third-order valence-electron chi connectivity index (χ3n) is 3.38. The van der Waals surface area contributed by atoms with Crippen molar-refractivity contribution in [2.75, 3.05) is 6.61 Å². The second-order valence-electron chi connectivity index (χ2n) is 5.63. The van der Waals surface area contributed by atoms with E-state index in [0.717, 1.165) is 31.2 Å². The van der Waals surface area contributed by atoms with Crippen LogP contribution >= 0.6 is 0 Å².